The summed E-state index contributed by atoms with van der Waals surface area (Å²) in [6, 6.07) is 0. The molecule has 1 saturated heterocycles. The molecule has 1 aliphatic rings. The molecule has 0 aromatic carbocycles. The molecule has 0 saturated carbocycles. The van der Waals surface area contributed by atoms with Crippen molar-refractivity contribution >= 4 is 29.3 Å². The molecule has 4 nitrogen and oxygen atoms in total. The molecule has 0 spiro atoms. The lowest BCUT2D eigenvalue weighted by Crippen LogP contribution is -2.26. The Hall–Kier alpha value is -0.620. The number of thioether (sulfide) groups is 2. The number of hydrogen-bond donors (Lipinski definition) is 2. The lowest BCUT2D eigenvalue weighted by molar-refractivity contribution is 0.740. The molecule has 1 aromatic heterocycles. The van der Waals surface area contributed by atoms with Crippen LogP contribution in [0.1, 0.15) is 43.3 Å². The molecule has 0 bridgehead atoms. The van der Waals surface area contributed by atoms with Gasteiger partial charge in [-0.2, -0.15) is 11.8 Å². The number of rotatable bonds is 4. The molecule has 19 heavy (non-hydrogen) atoms. The van der Waals surface area contributed by atoms with Crippen LogP contribution >= 0.6 is 23.5 Å². The van der Waals surface area contributed by atoms with Crippen LogP contribution in [0.5, 0.6) is 0 Å². The average Bonchev–Trinajstić information content (AvgIpc) is 2.42. The molecule has 1 fully saturated rings. The molecule has 3 N–H and O–H groups in total. The first-order chi connectivity index (χ1) is 9.17. The van der Waals surface area contributed by atoms with Crippen LogP contribution in [0.15, 0.2) is 4.79 Å². The number of H-pyrrole nitrogens is 1. The van der Waals surface area contributed by atoms with Gasteiger partial charge >= 0.3 is 0 Å². The van der Waals surface area contributed by atoms with Gasteiger partial charge in [-0.15, -0.1) is 11.8 Å². The van der Waals surface area contributed by atoms with Gasteiger partial charge in [-0.05, 0) is 12.8 Å². The highest BCUT2D eigenvalue weighted by Crippen LogP contribution is 2.42. The average molecular weight is 299 g/mol. The van der Waals surface area contributed by atoms with Gasteiger partial charge in [0.2, 0.25) is 0 Å². The van der Waals surface area contributed by atoms with Gasteiger partial charge in [0.1, 0.15) is 11.6 Å². The van der Waals surface area contributed by atoms with Gasteiger partial charge in [0.15, 0.2) is 0 Å². The maximum absolute atomic E-state index is 12.1. The van der Waals surface area contributed by atoms with Crippen LogP contribution in [0.4, 0.5) is 5.82 Å². The number of hydrogen-bond acceptors (Lipinski definition) is 5. The predicted molar refractivity (Wildman–Crippen MR) is 85.0 cm³/mol. The van der Waals surface area contributed by atoms with Crippen molar-refractivity contribution in [3.05, 3.63) is 21.7 Å². The minimum atomic E-state index is -0.0598. The van der Waals surface area contributed by atoms with E-state index in [0.29, 0.717) is 23.1 Å². The highest BCUT2D eigenvalue weighted by Gasteiger charge is 2.29. The van der Waals surface area contributed by atoms with E-state index in [2.05, 4.69) is 16.9 Å². The molecule has 2 unspecified atom stereocenters. The smallest absolute Gasteiger partial charge is 0.256 e. The monoisotopic (exact) mass is 299 g/mol. The summed E-state index contributed by atoms with van der Waals surface area (Å²) < 4.78 is 0. The highest BCUT2D eigenvalue weighted by molar-refractivity contribution is 8.06. The highest BCUT2D eigenvalue weighted by atomic mass is 32.2. The Morgan fingerprint density at radius 3 is 2.74 bits per heavy atom. The topological polar surface area (TPSA) is 71.8 Å². The first-order valence-corrected chi connectivity index (χ1v) is 8.88. The Kier molecular flexibility index (Phi) is 5.21. The Bertz CT molecular complexity index is 489. The van der Waals surface area contributed by atoms with Gasteiger partial charge in [-0.25, -0.2) is 4.98 Å². The van der Waals surface area contributed by atoms with Crippen molar-refractivity contribution in [3.8, 4) is 0 Å². The quantitative estimate of drug-likeness (QED) is 0.894. The maximum Gasteiger partial charge on any atom is 0.256 e. The number of aromatic amines is 1. The summed E-state index contributed by atoms with van der Waals surface area (Å²) in [4.78, 5) is 19.5. The largest absolute Gasteiger partial charge is 0.383 e. The zero-order valence-corrected chi connectivity index (χ0v) is 13.1. The Balaban J connectivity index is 2.32. The van der Waals surface area contributed by atoms with Crippen LogP contribution in [0.2, 0.25) is 0 Å². The van der Waals surface area contributed by atoms with E-state index in [9.17, 15) is 4.79 Å². The first kappa shape index (κ1) is 14.8. The fourth-order valence-corrected chi connectivity index (χ4v) is 5.33. The summed E-state index contributed by atoms with van der Waals surface area (Å²) in [6.07, 6.45) is 2.68. The van der Waals surface area contributed by atoms with E-state index in [4.69, 9.17) is 5.73 Å². The Morgan fingerprint density at radius 1 is 1.37 bits per heavy atom. The second kappa shape index (κ2) is 6.70. The molecule has 2 rings (SSSR count). The third-order valence-electron chi connectivity index (χ3n) is 3.29. The SMILES string of the molecule is CCCc1c(N)nc(C2SCCSC2CC)[nH]c1=O. The van der Waals surface area contributed by atoms with Crippen molar-refractivity contribution in [1.29, 1.82) is 0 Å². The Morgan fingerprint density at radius 2 is 2.11 bits per heavy atom. The second-order valence-electron chi connectivity index (χ2n) is 4.67. The van der Waals surface area contributed by atoms with E-state index in [1.807, 2.05) is 30.4 Å². The summed E-state index contributed by atoms with van der Waals surface area (Å²) >= 11 is 3.85. The van der Waals surface area contributed by atoms with E-state index in [-0.39, 0.29) is 10.8 Å². The van der Waals surface area contributed by atoms with Crippen molar-refractivity contribution in [2.75, 3.05) is 17.2 Å². The van der Waals surface area contributed by atoms with Crippen LogP contribution in [-0.2, 0) is 6.42 Å². The molecular weight excluding hydrogens is 278 g/mol. The van der Waals surface area contributed by atoms with Crippen molar-refractivity contribution < 1.29 is 0 Å². The van der Waals surface area contributed by atoms with E-state index in [1.54, 1.807) is 0 Å². The summed E-state index contributed by atoms with van der Waals surface area (Å²) in [5.41, 5.74) is 6.53. The fourth-order valence-electron chi connectivity index (χ4n) is 2.32. The van der Waals surface area contributed by atoms with Gasteiger partial charge in [-0.3, -0.25) is 4.79 Å². The third-order valence-corrected chi connectivity index (χ3v) is 6.54. The van der Waals surface area contributed by atoms with E-state index < -0.39 is 0 Å². The van der Waals surface area contributed by atoms with Crippen molar-refractivity contribution in [2.45, 2.75) is 43.6 Å². The number of nitrogens with one attached hydrogen (secondary N) is 1. The molecule has 6 heteroatoms. The van der Waals surface area contributed by atoms with Gasteiger partial charge in [-0.1, -0.05) is 20.3 Å². The summed E-state index contributed by atoms with van der Waals surface area (Å²) in [7, 11) is 0. The lowest BCUT2D eigenvalue weighted by Gasteiger charge is -2.29. The third kappa shape index (κ3) is 3.28. The number of anilines is 1. The predicted octanol–water partition coefficient (Wildman–Crippen LogP) is 2.60. The summed E-state index contributed by atoms with van der Waals surface area (Å²) in [5.74, 6) is 3.44. The first-order valence-electron chi connectivity index (χ1n) is 6.79. The van der Waals surface area contributed by atoms with Crippen molar-refractivity contribution in [3.63, 3.8) is 0 Å². The van der Waals surface area contributed by atoms with Crippen LogP contribution in [-0.4, -0.2) is 26.7 Å². The normalized spacial score (nSPS) is 23.5. The van der Waals surface area contributed by atoms with E-state index in [1.165, 1.54) is 5.75 Å². The standard InChI is InChI=1S/C13H21N3OS2/c1-3-5-8-11(14)15-12(16-13(8)17)10-9(4-2)18-6-7-19-10/h9-10H,3-7H2,1-2H3,(H3,14,15,16,17). The zero-order valence-electron chi connectivity index (χ0n) is 11.4. The zero-order chi connectivity index (χ0) is 13.8. The molecule has 0 amide bonds. The molecule has 1 aromatic rings. The minimum absolute atomic E-state index is 0.0598. The molecular formula is C13H21N3OS2. The van der Waals surface area contributed by atoms with Gasteiger partial charge in [0.05, 0.1) is 10.8 Å². The Labute approximate surface area is 122 Å². The molecule has 0 aliphatic carbocycles. The fraction of sp³-hybridized carbons (Fsp3) is 0.692. The molecule has 1 aliphatic heterocycles. The molecule has 2 atom stereocenters. The number of nitrogens with two attached hydrogens (primary N) is 1. The van der Waals surface area contributed by atoms with Gasteiger partial charge in [0.25, 0.3) is 5.56 Å². The van der Waals surface area contributed by atoms with Gasteiger partial charge < -0.3 is 10.7 Å². The van der Waals surface area contributed by atoms with Crippen LogP contribution < -0.4 is 11.3 Å². The van der Waals surface area contributed by atoms with Crippen molar-refractivity contribution in [1.82, 2.24) is 9.97 Å². The number of aromatic nitrogens is 2. The number of nitrogen functional groups attached to an aromatic ring is 1. The van der Waals surface area contributed by atoms with Crippen LogP contribution in [0.3, 0.4) is 0 Å². The van der Waals surface area contributed by atoms with E-state index >= 15 is 0 Å². The molecule has 106 valence electrons. The number of nitrogens with zero attached hydrogens (tertiary/aromatic N) is 1. The van der Waals surface area contributed by atoms with Crippen molar-refractivity contribution in [2.24, 2.45) is 0 Å². The van der Waals surface area contributed by atoms with Crippen LogP contribution in [0.25, 0.3) is 0 Å². The second-order valence-corrected chi connectivity index (χ2v) is 7.27. The minimum Gasteiger partial charge on any atom is -0.383 e. The summed E-state index contributed by atoms with van der Waals surface area (Å²) in [5, 5.41) is 0.771. The molecule has 0 radical (unpaired) electrons. The van der Waals surface area contributed by atoms with Crippen LogP contribution in [0, 0.1) is 0 Å². The van der Waals surface area contributed by atoms with Gasteiger partial charge in [0, 0.05) is 16.8 Å². The molecule has 2 heterocycles. The maximum atomic E-state index is 12.1. The summed E-state index contributed by atoms with van der Waals surface area (Å²) in [6.45, 7) is 4.22. The van der Waals surface area contributed by atoms with E-state index in [0.717, 1.165) is 24.4 Å². The lowest BCUT2D eigenvalue weighted by atomic mass is 10.1.